The van der Waals surface area contributed by atoms with Crippen LogP contribution >= 0.6 is 0 Å². The highest BCUT2D eigenvalue weighted by Crippen LogP contribution is 2.30. The zero-order valence-corrected chi connectivity index (χ0v) is 14.3. The van der Waals surface area contributed by atoms with E-state index in [0.717, 1.165) is 13.1 Å². The molecule has 0 bridgehead atoms. The van der Waals surface area contributed by atoms with Gasteiger partial charge in [-0.25, -0.2) is 10.3 Å². The molecule has 11 nitrogen and oxygen atoms in total. The van der Waals surface area contributed by atoms with Crippen molar-refractivity contribution in [1.29, 1.82) is 0 Å². The Kier molecular flexibility index (Phi) is 4.60. The van der Waals surface area contributed by atoms with Gasteiger partial charge < -0.3 is 25.4 Å². The number of hydrogen-bond donors (Lipinski definition) is 6. The lowest BCUT2D eigenvalue weighted by atomic mass is 9.72. The van der Waals surface area contributed by atoms with Crippen LogP contribution in [0.5, 0.6) is 5.75 Å². The van der Waals surface area contributed by atoms with Crippen LogP contribution in [0.2, 0.25) is 0 Å². The number of nitrogens with zero attached hydrogens (tertiary/aromatic N) is 2. The highest BCUT2D eigenvalue weighted by Gasteiger charge is 2.38. The average Bonchev–Trinajstić information content (AvgIpc) is 3.00. The Morgan fingerprint density at radius 1 is 1.41 bits per heavy atom. The number of nitrogens with one attached hydrogen (secondary N) is 4. The number of hydrogen-bond acceptors (Lipinski definition) is 9. The van der Waals surface area contributed by atoms with Crippen molar-refractivity contribution in [3.8, 4) is 5.75 Å². The number of carboxylic acid groups (broad SMARTS) is 1. The Morgan fingerprint density at radius 2 is 2.22 bits per heavy atom. The smallest absolute Gasteiger partial charge is 0.534 e. The predicted molar refractivity (Wildman–Crippen MR) is 94.5 cm³/mol. The van der Waals surface area contributed by atoms with E-state index in [2.05, 4.69) is 26.7 Å². The van der Waals surface area contributed by atoms with E-state index >= 15 is 0 Å². The maximum Gasteiger partial charge on any atom is 0.547 e. The molecular weight excluding hydrogens is 355 g/mol. The fourth-order valence-electron chi connectivity index (χ4n) is 3.14. The molecule has 27 heavy (non-hydrogen) atoms. The van der Waals surface area contributed by atoms with Crippen LogP contribution < -0.4 is 26.2 Å². The number of fused-ring (bicyclic) bond motifs is 1. The highest BCUT2D eigenvalue weighted by atomic mass is 16.5. The molecule has 1 saturated heterocycles. The van der Waals surface area contributed by atoms with Crippen LogP contribution in [0.1, 0.15) is 22.3 Å². The van der Waals surface area contributed by atoms with E-state index in [1.807, 2.05) is 0 Å². The van der Waals surface area contributed by atoms with E-state index in [9.17, 15) is 19.7 Å². The molecule has 3 heterocycles. The van der Waals surface area contributed by atoms with Crippen molar-refractivity contribution in [2.24, 2.45) is 5.10 Å². The summed E-state index contributed by atoms with van der Waals surface area (Å²) < 4.78 is 5.37. The molecule has 12 heteroatoms. The average molecular weight is 374 g/mol. The number of aromatic carboxylic acids is 1. The van der Waals surface area contributed by atoms with Crippen LogP contribution in [-0.4, -0.2) is 65.2 Å². The standard InChI is InChI=1S/C15H19BN6O5/c23-13(5-12-19-21-22(20-12)9-6-17-7-9)18-11-4-8-2-1-3-10(15(24)25)14(8)27-16(11)26/h1-3,9,11,17,21,26H,4-7H2,(H,18,23)(H,19,20)(H,24,25)/t11-/m0/s1. The Labute approximate surface area is 154 Å². The summed E-state index contributed by atoms with van der Waals surface area (Å²) in [5.41, 5.74) is 6.44. The summed E-state index contributed by atoms with van der Waals surface area (Å²) in [6.07, 6.45) is 0.274. The molecule has 0 radical (unpaired) electrons. The number of carbonyl (C=O) groups excluding carboxylic acids is 1. The van der Waals surface area contributed by atoms with Crippen LogP contribution in [0.15, 0.2) is 23.3 Å². The SMILES string of the molecule is O=C(CC1=NNN(C2CNC2)N1)N[C@H]1Cc2cccc(C(=O)O)c2OB1O. The van der Waals surface area contributed by atoms with Crippen molar-refractivity contribution in [2.45, 2.75) is 24.8 Å². The lowest BCUT2D eigenvalue weighted by Crippen LogP contribution is -2.63. The summed E-state index contributed by atoms with van der Waals surface area (Å²) in [5, 5.41) is 31.1. The normalized spacial score (nSPS) is 21.9. The number of carbonyl (C=O) groups is 2. The Morgan fingerprint density at radius 3 is 2.93 bits per heavy atom. The van der Waals surface area contributed by atoms with Crippen LogP contribution in [0.3, 0.4) is 0 Å². The van der Waals surface area contributed by atoms with Crippen molar-refractivity contribution >= 4 is 24.8 Å². The van der Waals surface area contributed by atoms with Crippen LogP contribution in [0, 0.1) is 0 Å². The first-order valence-electron chi connectivity index (χ1n) is 8.59. The third-order valence-electron chi connectivity index (χ3n) is 4.69. The van der Waals surface area contributed by atoms with E-state index in [-0.39, 0.29) is 36.1 Å². The fraction of sp³-hybridized carbons (Fsp3) is 0.400. The number of amidine groups is 1. The van der Waals surface area contributed by atoms with Gasteiger partial charge in [-0.2, -0.15) is 0 Å². The molecule has 1 amide bonds. The molecule has 142 valence electrons. The summed E-state index contributed by atoms with van der Waals surface area (Å²) in [6.45, 7) is 1.66. The molecule has 0 spiro atoms. The minimum Gasteiger partial charge on any atom is -0.534 e. The van der Waals surface area contributed by atoms with Gasteiger partial charge in [-0.05, 0) is 18.1 Å². The number of hydrazine groups is 2. The Hall–Kier alpha value is -2.83. The lowest BCUT2D eigenvalue weighted by Gasteiger charge is -2.34. The first kappa shape index (κ1) is 17.6. The first-order valence-corrected chi connectivity index (χ1v) is 8.59. The maximum absolute atomic E-state index is 12.3. The summed E-state index contributed by atoms with van der Waals surface area (Å²) in [6, 6.07) is 4.99. The lowest BCUT2D eigenvalue weighted by molar-refractivity contribution is -0.120. The summed E-state index contributed by atoms with van der Waals surface area (Å²) in [7, 11) is -1.34. The van der Waals surface area contributed by atoms with E-state index in [1.165, 1.54) is 6.07 Å². The second kappa shape index (κ2) is 7.06. The van der Waals surface area contributed by atoms with E-state index in [1.54, 1.807) is 17.3 Å². The second-order valence-electron chi connectivity index (χ2n) is 6.61. The quantitative estimate of drug-likeness (QED) is 0.317. The zero-order chi connectivity index (χ0) is 19.0. The van der Waals surface area contributed by atoms with Gasteiger partial charge in [-0.1, -0.05) is 12.1 Å². The van der Waals surface area contributed by atoms with Gasteiger partial charge in [0.05, 0.1) is 24.0 Å². The van der Waals surface area contributed by atoms with Gasteiger partial charge in [-0.15, -0.1) is 10.2 Å². The molecule has 6 N–H and O–H groups in total. The Bertz CT molecular complexity index is 801. The predicted octanol–water partition coefficient (Wildman–Crippen LogP) is -2.18. The van der Waals surface area contributed by atoms with Crippen molar-refractivity contribution in [3.05, 3.63) is 29.3 Å². The van der Waals surface area contributed by atoms with Crippen molar-refractivity contribution in [3.63, 3.8) is 0 Å². The van der Waals surface area contributed by atoms with Gasteiger partial charge in [0.25, 0.3) is 0 Å². The molecule has 1 aromatic carbocycles. The number of para-hydroxylation sites is 1. The molecule has 1 atom stereocenters. The van der Waals surface area contributed by atoms with E-state index < -0.39 is 19.0 Å². The number of carboxylic acids is 1. The fourth-order valence-corrected chi connectivity index (χ4v) is 3.14. The van der Waals surface area contributed by atoms with Gasteiger partial charge in [0.2, 0.25) is 5.91 Å². The van der Waals surface area contributed by atoms with Gasteiger partial charge in [0.1, 0.15) is 11.6 Å². The molecule has 0 aliphatic carbocycles. The topological polar surface area (TPSA) is 148 Å². The van der Waals surface area contributed by atoms with Crippen molar-refractivity contribution < 1.29 is 24.4 Å². The molecule has 4 rings (SSSR count). The third-order valence-corrected chi connectivity index (χ3v) is 4.69. The van der Waals surface area contributed by atoms with Gasteiger partial charge in [0.15, 0.2) is 0 Å². The molecular formula is C15H19BN6O5. The van der Waals surface area contributed by atoms with Gasteiger partial charge in [0, 0.05) is 13.1 Å². The molecule has 0 unspecified atom stereocenters. The number of rotatable bonds is 5. The van der Waals surface area contributed by atoms with Gasteiger partial charge >= 0.3 is 13.1 Å². The van der Waals surface area contributed by atoms with Crippen LogP contribution in [0.4, 0.5) is 0 Å². The molecule has 0 saturated carbocycles. The summed E-state index contributed by atoms with van der Waals surface area (Å²) in [4.78, 5) is 23.6. The second-order valence-corrected chi connectivity index (χ2v) is 6.61. The van der Waals surface area contributed by atoms with Crippen molar-refractivity contribution in [2.75, 3.05) is 13.1 Å². The third kappa shape index (κ3) is 3.54. The number of benzene rings is 1. The van der Waals surface area contributed by atoms with Crippen LogP contribution in [0.25, 0.3) is 0 Å². The molecule has 0 aromatic heterocycles. The molecule has 1 aromatic rings. The minimum absolute atomic E-state index is 0.00882. The molecule has 3 aliphatic heterocycles. The van der Waals surface area contributed by atoms with Crippen molar-refractivity contribution in [1.82, 2.24) is 26.7 Å². The van der Waals surface area contributed by atoms with Crippen LogP contribution in [-0.2, 0) is 11.2 Å². The van der Waals surface area contributed by atoms with E-state index in [0.29, 0.717) is 11.4 Å². The summed E-state index contributed by atoms with van der Waals surface area (Å²) in [5.74, 6) is -1.54. The van der Waals surface area contributed by atoms with Gasteiger partial charge in [-0.3, -0.25) is 10.2 Å². The largest absolute Gasteiger partial charge is 0.547 e. The Balaban J connectivity index is 1.35. The van der Waals surface area contributed by atoms with E-state index in [4.69, 9.17) is 4.65 Å². The maximum atomic E-state index is 12.3. The number of amides is 1. The summed E-state index contributed by atoms with van der Waals surface area (Å²) >= 11 is 0. The highest BCUT2D eigenvalue weighted by molar-refractivity contribution is 6.47. The minimum atomic E-state index is -1.34. The first-order chi connectivity index (χ1) is 13.0. The zero-order valence-electron chi connectivity index (χ0n) is 14.3. The molecule has 1 fully saturated rings. The molecule has 3 aliphatic rings. The monoisotopic (exact) mass is 374 g/mol. The number of hydrazone groups is 1.